The maximum atomic E-state index is 9.08. The second kappa shape index (κ2) is 7.83. The van der Waals surface area contributed by atoms with E-state index in [0.29, 0.717) is 24.3 Å². The second-order valence-corrected chi connectivity index (χ2v) is 5.76. The zero-order chi connectivity index (χ0) is 17.7. The molecule has 24 heavy (non-hydrogen) atoms. The zero-order valence-corrected chi connectivity index (χ0v) is 14.2. The molecule has 0 amide bonds. The molecule has 0 unspecified atom stereocenters. The monoisotopic (exact) mass is 332 g/mol. The van der Waals surface area contributed by atoms with E-state index in [1.54, 1.807) is 7.11 Å². The summed E-state index contributed by atoms with van der Waals surface area (Å²) in [5, 5.41) is 9.08. The Labute approximate surface area is 141 Å². The number of aliphatic hydroxyl groups excluding tert-OH is 1. The molecule has 0 aliphatic carbocycles. The lowest BCUT2D eigenvalue weighted by Gasteiger charge is -2.18. The summed E-state index contributed by atoms with van der Waals surface area (Å²) in [4.78, 5) is 7.83. The fourth-order valence-corrected chi connectivity index (χ4v) is 2.41. The Morgan fingerprint density at radius 1 is 1.17 bits per heavy atom. The maximum absolute atomic E-state index is 9.08. The van der Waals surface area contributed by atoms with Crippen LogP contribution in [-0.4, -0.2) is 28.8 Å². The van der Waals surface area contributed by atoms with Gasteiger partial charge in [-0.1, -0.05) is 13.8 Å². The van der Waals surface area contributed by atoms with Crippen molar-refractivity contribution in [3.8, 4) is 17.2 Å². The molecule has 0 aliphatic heterocycles. The lowest BCUT2D eigenvalue weighted by atomic mass is 9.97. The third-order valence-electron chi connectivity index (χ3n) is 3.66. The molecule has 0 fully saturated rings. The number of nitrogens with two attached hydrogens (primary N) is 2. The van der Waals surface area contributed by atoms with Crippen molar-refractivity contribution < 1.29 is 14.6 Å². The van der Waals surface area contributed by atoms with Crippen molar-refractivity contribution in [1.29, 1.82) is 0 Å². The second-order valence-electron chi connectivity index (χ2n) is 5.76. The molecule has 1 heterocycles. The van der Waals surface area contributed by atoms with Gasteiger partial charge in [-0.2, -0.15) is 4.98 Å². The number of ether oxygens (including phenoxy) is 2. The molecule has 0 saturated carbocycles. The number of rotatable bonds is 7. The first-order valence-corrected chi connectivity index (χ1v) is 7.83. The Hall–Kier alpha value is -2.54. The van der Waals surface area contributed by atoms with E-state index in [0.717, 1.165) is 16.9 Å². The molecule has 2 rings (SSSR count). The smallest absolute Gasteiger partial charge is 0.222 e. The first-order valence-electron chi connectivity index (χ1n) is 7.83. The topological polar surface area (TPSA) is 117 Å². The van der Waals surface area contributed by atoms with Crippen molar-refractivity contribution in [2.45, 2.75) is 32.6 Å². The van der Waals surface area contributed by atoms with Crippen LogP contribution < -0.4 is 20.9 Å². The van der Waals surface area contributed by atoms with Gasteiger partial charge in [-0.15, -0.1) is 0 Å². The van der Waals surface area contributed by atoms with Crippen LogP contribution in [-0.2, 0) is 6.42 Å². The van der Waals surface area contributed by atoms with Gasteiger partial charge in [0.15, 0.2) is 11.6 Å². The minimum atomic E-state index is 0.0994. The fraction of sp³-hybridized carbons (Fsp3) is 0.412. The predicted molar refractivity (Wildman–Crippen MR) is 93.4 cm³/mol. The van der Waals surface area contributed by atoms with Crippen molar-refractivity contribution >= 4 is 11.8 Å². The van der Waals surface area contributed by atoms with E-state index >= 15 is 0 Å². The van der Waals surface area contributed by atoms with Gasteiger partial charge in [-0.25, -0.2) is 4.98 Å². The molecule has 130 valence electrons. The summed E-state index contributed by atoms with van der Waals surface area (Å²) in [6.07, 6.45) is 2.78. The number of aliphatic hydroxyl groups is 1. The molecule has 2 aromatic rings. The normalized spacial score (nSPS) is 10.9. The molecule has 7 nitrogen and oxygen atoms in total. The van der Waals surface area contributed by atoms with Crippen LogP contribution in [0.25, 0.3) is 0 Å². The maximum Gasteiger partial charge on any atom is 0.222 e. The Balaban J connectivity index is 2.45. The summed E-state index contributed by atoms with van der Waals surface area (Å²) in [5.41, 5.74) is 13.3. The number of anilines is 2. The van der Waals surface area contributed by atoms with Gasteiger partial charge in [-0.05, 0) is 36.5 Å². The minimum Gasteiger partial charge on any atom is -0.496 e. The molecule has 0 spiro atoms. The highest BCUT2D eigenvalue weighted by atomic mass is 16.5. The van der Waals surface area contributed by atoms with Crippen molar-refractivity contribution in [2.75, 3.05) is 25.2 Å². The van der Waals surface area contributed by atoms with Crippen molar-refractivity contribution in [2.24, 2.45) is 0 Å². The van der Waals surface area contributed by atoms with Crippen molar-refractivity contribution in [1.82, 2.24) is 9.97 Å². The van der Waals surface area contributed by atoms with Gasteiger partial charge in [0.25, 0.3) is 0 Å². The molecular formula is C17H24N4O3. The van der Waals surface area contributed by atoms with Crippen molar-refractivity contribution in [3.63, 3.8) is 0 Å². The van der Waals surface area contributed by atoms with Crippen LogP contribution >= 0.6 is 0 Å². The quantitative estimate of drug-likeness (QED) is 0.713. The molecule has 0 saturated heterocycles. The van der Waals surface area contributed by atoms with E-state index in [1.165, 1.54) is 6.20 Å². The standard InChI is InChI=1S/C17H24N4O3/c1-10(2)12-8-13(23-3)11(5-4-6-22)7-14(12)24-15-9-20-17(19)21-16(15)18/h7-10,22H,4-6H2,1-3H3,(H4,18,19,20,21). The fourth-order valence-electron chi connectivity index (χ4n) is 2.41. The van der Waals surface area contributed by atoms with Gasteiger partial charge >= 0.3 is 0 Å². The van der Waals surface area contributed by atoms with Crippen LogP contribution in [0.15, 0.2) is 18.3 Å². The number of nitrogens with zero attached hydrogens (tertiary/aromatic N) is 2. The van der Waals surface area contributed by atoms with Gasteiger partial charge in [-0.3, -0.25) is 0 Å². The number of nitrogen functional groups attached to an aromatic ring is 2. The van der Waals surface area contributed by atoms with Gasteiger partial charge in [0, 0.05) is 12.2 Å². The van der Waals surface area contributed by atoms with E-state index in [-0.39, 0.29) is 24.3 Å². The summed E-state index contributed by atoms with van der Waals surface area (Å²) in [6.45, 7) is 4.25. The number of aryl methyl sites for hydroxylation is 1. The van der Waals surface area contributed by atoms with Crippen LogP contribution in [0, 0.1) is 0 Å². The Morgan fingerprint density at radius 3 is 2.50 bits per heavy atom. The molecule has 7 heteroatoms. The largest absolute Gasteiger partial charge is 0.496 e. The van der Waals surface area contributed by atoms with Gasteiger partial charge in [0.1, 0.15) is 11.5 Å². The third-order valence-corrected chi connectivity index (χ3v) is 3.66. The highest BCUT2D eigenvalue weighted by molar-refractivity contribution is 5.53. The predicted octanol–water partition coefficient (Wildman–Crippen LogP) is 2.49. The third kappa shape index (κ3) is 4.05. The summed E-state index contributed by atoms with van der Waals surface area (Å²) >= 11 is 0. The molecule has 1 aromatic carbocycles. The zero-order valence-electron chi connectivity index (χ0n) is 14.2. The molecule has 1 aromatic heterocycles. The summed E-state index contributed by atoms with van der Waals surface area (Å²) < 4.78 is 11.4. The van der Waals surface area contributed by atoms with Crippen LogP contribution in [0.4, 0.5) is 11.8 Å². The molecule has 0 radical (unpaired) electrons. The molecular weight excluding hydrogens is 308 g/mol. The first kappa shape index (κ1) is 17.8. The Morgan fingerprint density at radius 2 is 1.92 bits per heavy atom. The average Bonchev–Trinajstić information content (AvgIpc) is 2.55. The summed E-state index contributed by atoms with van der Waals surface area (Å²) in [7, 11) is 1.63. The number of hydrogen-bond donors (Lipinski definition) is 3. The number of hydrogen-bond acceptors (Lipinski definition) is 7. The summed E-state index contributed by atoms with van der Waals surface area (Å²) in [5.74, 6) is 2.30. The van der Waals surface area contributed by atoms with E-state index in [9.17, 15) is 0 Å². The van der Waals surface area contributed by atoms with E-state index in [1.807, 2.05) is 12.1 Å². The first-order chi connectivity index (χ1) is 11.5. The van der Waals surface area contributed by atoms with Crippen molar-refractivity contribution in [3.05, 3.63) is 29.5 Å². The lowest BCUT2D eigenvalue weighted by molar-refractivity contribution is 0.287. The van der Waals surface area contributed by atoms with E-state index in [2.05, 4.69) is 23.8 Å². The van der Waals surface area contributed by atoms with Gasteiger partial charge < -0.3 is 26.0 Å². The lowest BCUT2D eigenvalue weighted by Crippen LogP contribution is -2.04. The molecule has 0 aliphatic rings. The van der Waals surface area contributed by atoms with Crippen LogP contribution in [0.3, 0.4) is 0 Å². The van der Waals surface area contributed by atoms with E-state index < -0.39 is 0 Å². The van der Waals surface area contributed by atoms with E-state index in [4.69, 9.17) is 26.0 Å². The minimum absolute atomic E-state index is 0.0994. The number of benzene rings is 1. The molecule has 0 bridgehead atoms. The van der Waals surface area contributed by atoms with Crippen LogP contribution in [0.1, 0.15) is 37.3 Å². The number of methoxy groups -OCH3 is 1. The Kier molecular flexibility index (Phi) is 5.81. The molecule has 5 N–H and O–H groups in total. The van der Waals surface area contributed by atoms with Gasteiger partial charge in [0.2, 0.25) is 5.95 Å². The van der Waals surface area contributed by atoms with Crippen LogP contribution in [0.2, 0.25) is 0 Å². The highest BCUT2D eigenvalue weighted by Gasteiger charge is 2.16. The highest BCUT2D eigenvalue weighted by Crippen LogP contribution is 2.37. The number of aromatic nitrogens is 2. The van der Waals surface area contributed by atoms with Gasteiger partial charge in [0.05, 0.1) is 13.3 Å². The summed E-state index contributed by atoms with van der Waals surface area (Å²) in [6, 6.07) is 3.88. The SMILES string of the molecule is COc1cc(C(C)C)c(Oc2cnc(N)nc2N)cc1CCCO. The van der Waals surface area contributed by atoms with Crippen LogP contribution in [0.5, 0.6) is 17.2 Å². The molecule has 0 atom stereocenters. The Bertz CT molecular complexity index is 704. The average molecular weight is 332 g/mol.